The zero-order valence-electron chi connectivity index (χ0n) is 15.0. The van der Waals surface area contributed by atoms with E-state index in [4.69, 9.17) is 4.42 Å². The molecule has 0 saturated carbocycles. The van der Waals surface area contributed by atoms with Gasteiger partial charge in [0.15, 0.2) is 0 Å². The number of hydrogen-bond acceptors (Lipinski definition) is 4. The fourth-order valence-corrected chi connectivity index (χ4v) is 3.64. The Balaban J connectivity index is 1.34. The maximum atomic E-state index is 12.6. The lowest BCUT2D eigenvalue weighted by Crippen LogP contribution is -2.42. The van der Waals surface area contributed by atoms with Crippen LogP contribution >= 0.6 is 0 Å². The highest BCUT2D eigenvalue weighted by molar-refractivity contribution is 5.78. The average Bonchev–Trinajstić information content (AvgIpc) is 3.30. The number of nitrogens with one attached hydrogen (secondary N) is 1. The van der Waals surface area contributed by atoms with Crippen LogP contribution in [-0.4, -0.2) is 33.3 Å². The molecule has 1 aliphatic heterocycles. The standard InChI is InChI=1S/C20H24N4O2/c1-15-5-2-8-19-22-17(13-24(15)19)11-21-20(25)16-6-3-9-23(12-16)14-18-7-4-10-26-18/h2,4-5,7-8,10,13,16H,3,6,9,11-12,14H2,1H3,(H,21,25). The quantitative estimate of drug-likeness (QED) is 0.767. The highest BCUT2D eigenvalue weighted by Crippen LogP contribution is 2.19. The van der Waals surface area contributed by atoms with Gasteiger partial charge in [-0.15, -0.1) is 0 Å². The van der Waals surface area contributed by atoms with Gasteiger partial charge in [-0.25, -0.2) is 4.98 Å². The van der Waals surface area contributed by atoms with E-state index in [0.29, 0.717) is 6.54 Å². The molecule has 1 amide bonds. The topological polar surface area (TPSA) is 62.8 Å². The van der Waals surface area contributed by atoms with Crippen LogP contribution in [0, 0.1) is 12.8 Å². The zero-order chi connectivity index (χ0) is 17.9. The monoisotopic (exact) mass is 352 g/mol. The number of pyridine rings is 1. The Bertz CT molecular complexity index is 884. The van der Waals surface area contributed by atoms with Crippen molar-refractivity contribution < 1.29 is 9.21 Å². The lowest BCUT2D eigenvalue weighted by Gasteiger charge is -2.31. The lowest BCUT2D eigenvalue weighted by atomic mass is 9.97. The summed E-state index contributed by atoms with van der Waals surface area (Å²) >= 11 is 0. The molecule has 4 rings (SSSR count). The van der Waals surface area contributed by atoms with Crippen molar-refractivity contribution in [2.45, 2.75) is 32.9 Å². The number of rotatable bonds is 5. The van der Waals surface area contributed by atoms with Crippen LogP contribution in [0.1, 0.15) is 30.0 Å². The van der Waals surface area contributed by atoms with Crippen LogP contribution in [0.3, 0.4) is 0 Å². The van der Waals surface area contributed by atoms with E-state index in [-0.39, 0.29) is 11.8 Å². The molecule has 6 heteroatoms. The molecule has 0 bridgehead atoms. The van der Waals surface area contributed by atoms with Gasteiger partial charge in [-0.3, -0.25) is 9.69 Å². The molecule has 1 fully saturated rings. The van der Waals surface area contributed by atoms with Crippen molar-refractivity contribution in [2.75, 3.05) is 13.1 Å². The number of likely N-dealkylation sites (tertiary alicyclic amines) is 1. The normalized spacial score (nSPS) is 18.3. The Labute approximate surface area is 152 Å². The molecule has 6 nitrogen and oxygen atoms in total. The average molecular weight is 352 g/mol. The fraction of sp³-hybridized carbons (Fsp3) is 0.400. The number of imidazole rings is 1. The molecule has 136 valence electrons. The van der Waals surface area contributed by atoms with E-state index in [1.807, 2.05) is 47.9 Å². The summed E-state index contributed by atoms with van der Waals surface area (Å²) in [5.41, 5.74) is 2.93. The Morgan fingerprint density at radius 3 is 3.08 bits per heavy atom. The maximum Gasteiger partial charge on any atom is 0.224 e. The Morgan fingerprint density at radius 2 is 2.27 bits per heavy atom. The van der Waals surface area contributed by atoms with E-state index in [0.717, 1.165) is 55.3 Å². The van der Waals surface area contributed by atoms with Gasteiger partial charge in [0.1, 0.15) is 11.4 Å². The second kappa shape index (κ2) is 7.33. The summed E-state index contributed by atoms with van der Waals surface area (Å²) in [6, 6.07) is 9.91. The molecule has 3 aromatic rings. The first-order valence-electron chi connectivity index (χ1n) is 9.15. The molecule has 1 N–H and O–H groups in total. The van der Waals surface area contributed by atoms with Gasteiger partial charge in [0.25, 0.3) is 0 Å². The number of carbonyl (C=O) groups is 1. The Morgan fingerprint density at radius 1 is 1.35 bits per heavy atom. The van der Waals surface area contributed by atoms with Crippen LogP contribution < -0.4 is 5.32 Å². The summed E-state index contributed by atoms with van der Waals surface area (Å²) in [6.45, 7) is 5.07. The molecule has 0 aliphatic carbocycles. The molecule has 1 saturated heterocycles. The number of piperidine rings is 1. The highest BCUT2D eigenvalue weighted by atomic mass is 16.3. The van der Waals surface area contributed by atoms with E-state index >= 15 is 0 Å². The molecule has 4 heterocycles. The molecule has 3 aromatic heterocycles. The summed E-state index contributed by atoms with van der Waals surface area (Å²) in [7, 11) is 0. The van der Waals surface area contributed by atoms with Crippen molar-refractivity contribution >= 4 is 11.6 Å². The molecule has 1 unspecified atom stereocenters. The van der Waals surface area contributed by atoms with Gasteiger partial charge in [0.05, 0.1) is 31.0 Å². The van der Waals surface area contributed by atoms with Gasteiger partial charge in [-0.05, 0) is 50.6 Å². The largest absolute Gasteiger partial charge is 0.468 e. The number of aryl methyl sites for hydroxylation is 1. The van der Waals surface area contributed by atoms with Crippen molar-refractivity contribution in [2.24, 2.45) is 5.92 Å². The van der Waals surface area contributed by atoms with Crippen LogP contribution in [0.4, 0.5) is 0 Å². The van der Waals surface area contributed by atoms with Crippen molar-refractivity contribution in [3.63, 3.8) is 0 Å². The molecular weight excluding hydrogens is 328 g/mol. The summed E-state index contributed by atoms with van der Waals surface area (Å²) in [4.78, 5) is 19.5. The second-order valence-electron chi connectivity index (χ2n) is 7.00. The third-order valence-corrected chi connectivity index (χ3v) is 5.03. The molecule has 1 atom stereocenters. The van der Waals surface area contributed by atoms with Gasteiger partial charge < -0.3 is 14.1 Å². The first-order chi connectivity index (χ1) is 12.7. The van der Waals surface area contributed by atoms with Crippen LogP contribution in [-0.2, 0) is 17.9 Å². The van der Waals surface area contributed by atoms with Gasteiger partial charge in [-0.1, -0.05) is 6.07 Å². The summed E-state index contributed by atoms with van der Waals surface area (Å²) in [5.74, 6) is 1.09. The minimum absolute atomic E-state index is 0.0254. The highest BCUT2D eigenvalue weighted by Gasteiger charge is 2.26. The molecular formula is C20H24N4O2. The van der Waals surface area contributed by atoms with E-state index in [9.17, 15) is 4.79 Å². The Kier molecular flexibility index (Phi) is 4.75. The molecule has 0 radical (unpaired) electrons. The van der Waals surface area contributed by atoms with Crippen LogP contribution in [0.5, 0.6) is 0 Å². The predicted octanol–water partition coefficient (Wildman–Crippen LogP) is 2.76. The minimum atomic E-state index is 0.0254. The number of fused-ring (bicyclic) bond motifs is 1. The summed E-state index contributed by atoms with van der Waals surface area (Å²) in [5, 5.41) is 3.06. The molecule has 1 aliphatic rings. The van der Waals surface area contributed by atoms with E-state index in [1.165, 1.54) is 0 Å². The van der Waals surface area contributed by atoms with Crippen LogP contribution in [0.25, 0.3) is 5.65 Å². The minimum Gasteiger partial charge on any atom is -0.468 e. The predicted molar refractivity (Wildman–Crippen MR) is 98.5 cm³/mol. The van der Waals surface area contributed by atoms with Crippen LogP contribution in [0.2, 0.25) is 0 Å². The maximum absolute atomic E-state index is 12.6. The lowest BCUT2D eigenvalue weighted by molar-refractivity contribution is -0.127. The molecule has 0 spiro atoms. The van der Waals surface area contributed by atoms with E-state index in [2.05, 4.69) is 15.2 Å². The zero-order valence-corrected chi connectivity index (χ0v) is 15.0. The number of aromatic nitrogens is 2. The van der Waals surface area contributed by atoms with Gasteiger partial charge in [0, 0.05) is 18.4 Å². The van der Waals surface area contributed by atoms with Gasteiger partial charge in [0.2, 0.25) is 5.91 Å². The number of nitrogens with zero attached hydrogens (tertiary/aromatic N) is 3. The number of amides is 1. The number of furan rings is 1. The summed E-state index contributed by atoms with van der Waals surface area (Å²) in [6.07, 6.45) is 5.66. The smallest absolute Gasteiger partial charge is 0.224 e. The van der Waals surface area contributed by atoms with Crippen molar-refractivity contribution in [3.8, 4) is 0 Å². The van der Waals surface area contributed by atoms with Crippen LogP contribution in [0.15, 0.2) is 47.2 Å². The second-order valence-corrected chi connectivity index (χ2v) is 7.00. The van der Waals surface area contributed by atoms with Crippen molar-refractivity contribution in [1.82, 2.24) is 19.6 Å². The molecule has 26 heavy (non-hydrogen) atoms. The third kappa shape index (κ3) is 3.65. The summed E-state index contributed by atoms with van der Waals surface area (Å²) < 4.78 is 7.47. The fourth-order valence-electron chi connectivity index (χ4n) is 3.64. The third-order valence-electron chi connectivity index (χ3n) is 5.03. The number of carbonyl (C=O) groups excluding carboxylic acids is 1. The van der Waals surface area contributed by atoms with Crippen molar-refractivity contribution in [1.29, 1.82) is 0 Å². The first-order valence-corrected chi connectivity index (χ1v) is 9.15. The SMILES string of the molecule is Cc1cccc2nc(CNC(=O)C3CCCN(Cc4ccco4)C3)cn12. The van der Waals surface area contributed by atoms with E-state index in [1.54, 1.807) is 6.26 Å². The Hall–Kier alpha value is -2.60. The number of hydrogen-bond donors (Lipinski definition) is 1. The van der Waals surface area contributed by atoms with Gasteiger partial charge in [-0.2, -0.15) is 0 Å². The van der Waals surface area contributed by atoms with Crippen molar-refractivity contribution in [3.05, 3.63) is 59.9 Å². The van der Waals surface area contributed by atoms with Gasteiger partial charge >= 0.3 is 0 Å². The first kappa shape index (κ1) is 16.8. The molecule has 0 aromatic carbocycles. The van der Waals surface area contributed by atoms with E-state index < -0.39 is 0 Å².